The van der Waals surface area contributed by atoms with E-state index in [0.717, 1.165) is 10.2 Å². The van der Waals surface area contributed by atoms with Crippen molar-refractivity contribution in [2.75, 3.05) is 18.5 Å². The zero-order chi connectivity index (χ0) is 16.2. The number of anilines is 1. The number of esters is 1. The first-order valence-electron chi connectivity index (χ1n) is 6.40. The summed E-state index contributed by atoms with van der Waals surface area (Å²) in [4.78, 5) is 15.4. The summed E-state index contributed by atoms with van der Waals surface area (Å²) in [5.41, 5.74) is -0.616. The summed E-state index contributed by atoms with van der Waals surface area (Å²) in [6.45, 7) is 2.99. The summed E-state index contributed by atoms with van der Waals surface area (Å²) in [7, 11) is 0. The molecule has 0 fully saturated rings. The maximum Gasteiger partial charge on any atom is 0.422 e. The molecule has 0 aliphatic carbocycles. The maximum atomic E-state index is 12.2. The van der Waals surface area contributed by atoms with Crippen LogP contribution >= 0.6 is 11.3 Å². The van der Waals surface area contributed by atoms with Crippen LogP contribution in [0.3, 0.4) is 0 Å². The molecule has 0 saturated heterocycles. The van der Waals surface area contributed by atoms with Crippen molar-refractivity contribution in [1.82, 2.24) is 4.98 Å². The van der Waals surface area contributed by atoms with Gasteiger partial charge in [0, 0.05) is 6.54 Å². The minimum atomic E-state index is -4.75. The second-order valence-corrected chi connectivity index (χ2v) is 5.41. The summed E-state index contributed by atoms with van der Waals surface area (Å²) in [5, 5.41) is 3.75. The predicted octanol–water partition coefficient (Wildman–Crippen LogP) is 3.76. The van der Waals surface area contributed by atoms with Gasteiger partial charge in [0.15, 0.2) is 5.13 Å². The molecule has 1 aromatic heterocycles. The number of thiazole rings is 1. The first kappa shape index (κ1) is 16.3. The molecule has 0 saturated carbocycles. The highest BCUT2D eigenvalue weighted by Crippen LogP contribution is 2.26. The van der Waals surface area contributed by atoms with Crippen LogP contribution in [0, 0.1) is 0 Å². The molecule has 0 spiro atoms. The minimum Gasteiger partial charge on any atom is -0.462 e. The van der Waals surface area contributed by atoms with Crippen molar-refractivity contribution in [3.8, 4) is 0 Å². The van der Waals surface area contributed by atoms with Crippen LogP contribution in [-0.4, -0.2) is 30.3 Å². The Morgan fingerprint density at radius 3 is 2.77 bits per heavy atom. The number of carbonyl (C=O) groups excluding carboxylic acids is 1. The van der Waals surface area contributed by atoms with Crippen LogP contribution in [0.25, 0.3) is 10.2 Å². The van der Waals surface area contributed by atoms with Crippen molar-refractivity contribution >= 4 is 32.7 Å². The Kier molecular flexibility index (Phi) is 5.02. The zero-order valence-electron chi connectivity index (χ0n) is 11.4. The van der Waals surface area contributed by atoms with Crippen molar-refractivity contribution in [3.05, 3.63) is 36.4 Å². The number of ether oxygens (including phenoxy) is 1. The van der Waals surface area contributed by atoms with Crippen LogP contribution in [0.5, 0.6) is 0 Å². The van der Waals surface area contributed by atoms with E-state index in [2.05, 4.69) is 21.6 Å². The van der Waals surface area contributed by atoms with Crippen molar-refractivity contribution < 1.29 is 22.7 Å². The number of alkyl halides is 3. The van der Waals surface area contributed by atoms with Crippen molar-refractivity contribution in [1.29, 1.82) is 0 Å². The number of carbonyl (C=O) groups is 1. The smallest absolute Gasteiger partial charge is 0.422 e. The Bertz CT molecular complexity index is 649. The third-order valence-corrected chi connectivity index (χ3v) is 3.71. The van der Waals surface area contributed by atoms with Gasteiger partial charge in [-0.25, -0.2) is 9.78 Å². The molecule has 2 rings (SSSR count). The summed E-state index contributed by atoms with van der Waals surface area (Å²) in [6, 6.07) is 7.64. The van der Waals surface area contributed by atoms with Gasteiger partial charge in [0.2, 0.25) is 0 Å². The van der Waals surface area contributed by atoms with Gasteiger partial charge < -0.3 is 10.1 Å². The van der Waals surface area contributed by atoms with E-state index < -0.39 is 17.7 Å². The number of nitrogens with zero attached hydrogens (tertiary/aromatic N) is 1. The van der Waals surface area contributed by atoms with E-state index in [-0.39, 0.29) is 6.61 Å². The number of fused-ring (bicyclic) bond motifs is 1. The fraction of sp³-hybridized carbons (Fsp3) is 0.286. The normalized spacial score (nSPS) is 11.4. The molecule has 1 N–H and O–H groups in total. The summed E-state index contributed by atoms with van der Waals surface area (Å²) < 4.78 is 42.1. The molecule has 0 atom stereocenters. The molecule has 8 heteroatoms. The number of benzene rings is 1. The lowest BCUT2D eigenvalue weighted by molar-refractivity contribution is -0.150. The van der Waals surface area contributed by atoms with Crippen LogP contribution < -0.4 is 5.32 Å². The Morgan fingerprint density at radius 1 is 1.36 bits per heavy atom. The van der Waals surface area contributed by atoms with E-state index in [0.29, 0.717) is 18.1 Å². The second kappa shape index (κ2) is 6.78. The Balaban J connectivity index is 1.71. The summed E-state index contributed by atoms with van der Waals surface area (Å²) >= 11 is 1.48. The van der Waals surface area contributed by atoms with E-state index in [1.165, 1.54) is 11.3 Å². The van der Waals surface area contributed by atoms with Crippen LogP contribution in [-0.2, 0) is 9.53 Å². The van der Waals surface area contributed by atoms with E-state index in [4.69, 9.17) is 0 Å². The molecule has 1 aromatic carbocycles. The fourth-order valence-electron chi connectivity index (χ4n) is 1.58. The third-order valence-electron chi connectivity index (χ3n) is 2.71. The first-order chi connectivity index (χ1) is 10.4. The molecule has 4 nitrogen and oxygen atoms in total. The van der Waals surface area contributed by atoms with Gasteiger partial charge in [0.25, 0.3) is 0 Å². The Hall–Kier alpha value is -2.09. The van der Waals surface area contributed by atoms with Gasteiger partial charge in [-0.1, -0.05) is 30.0 Å². The number of hydrogen-bond acceptors (Lipinski definition) is 5. The number of aromatic nitrogens is 1. The topological polar surface area (TPSA) is 51.2 Å². The molecule has 0 amide bonds. The number of halogens is 3. The molecule has 0 bridgehead atoms. The van der Waals surface area contributed by atoms with Gasteiger partial charge in [-0.05, 0) is 18.6 Å². The van der Waals surface area contributed by atoms with Gasteiger partial charge in [-0.2, -0.15) is 13.2 Å². The standard InChI is InChI=1S/C14H13F3N2O2S/c1-9(14(15,16)17)12(20)21-8-4-7-18-13-19-10-5-2-3-6-11(10)22-13/h2-3,5-6H,1,4,7-8H2,(H,18,19). The number of nitrogens with one attached hydrogen (secondary N) is 1. The first-order valence-corrected chi connectivity index (χ1v) is 7.22. The van der Waals surface area contributed by atoms with Gasteiger partial charge in [0.1, 0.15) is 5.57 Å². The highest BCUT2D eigenvalue weighted by Gasteiger charge is 2.37. The number of rotatable bonds is 6. The largest absolute Gasteiger partial charge is 0.462 e. The minimum absolute atomic E-state index is 0.119. The summed E-state index contributed by atoms with van der Waals surface area (Å²) in [5.74, 6) is -1.44. The Labute approximate surface area is 128 Å². The van der Waals surface area contributed by atoms with Crippen LogP contribution in [0.4, 0.5) is 18.3 Å². The van der Waals surface area contributed by atoms with Crippen molar-refractivity contribution in [3.63, 3.8) is 0 Å². The van der Waals surface area contributed by atoms with Gasteiger partial charge in [0.05, 0.1) is 16.8 Å². The monoisotopic (exact) mass is 330 g/mol. The molecule has 1 heterocycles. The van der Waals surface area contributed by atoms with E-state index >= 15 is 0 Å². The number of hydrogen-bond donors (Lipinski definition) is 1. The van der Waals surface area contributed by atoms with Gasteiger partial charge >= 0.3 is 12.1 Å². The lowest BCUT2D eigenvalue weighted by atomic mass is 10.3. The van der Waals surface area contributed by atoms with Gasteiger partial charge in [-0.3, -0.25) is 0 Å². The zero-order valence-corrected chi connectivity index (χ0v) is 12.3. The highest BCUT2D eigenvalue weighted by atomic mass is 32.1. The van der Waals surface area contributed by atoms with Crippen LogP contribution in [0.2, 0.25) is 0 Å². The predicted molar refractivity (Wildman–Crippen MR) is 78.9 cm³/mol. The van der Waals surface area contributed by atoms with Crippen molar-refractivity contribution in [2.24, 2.45) is 0 Å². The van der Waals surface area contributed by atoms with Crippen LogP contribution in [0.15, 0.2) is 36.4 Å². The van der Waals surface area contributed by atoms with E-state index in [9.17, 15) is 18.0 Å². The molecule has 0 aliphatic heterocycles. The molecule has 2 aromatic rings. The number of para-hydroxylation sites is 1. The molecular weight excluding hydrogens is 317 g/mol. The summed E-state index contributed by atoms with van der Waals surface area (Å²) in [6.07, 6.45) is -4.39. The quantitative estimate of drug-likeness (QED) is 0.498. The van der Waals surface area contributed by atoms with Crippen LogP contribution in [0.1, 0.15) is 6.42 Å². The highest BCUT2D eigenvalue weighted by molar-refractivity contribution is 7.22. The molecule has 0 unspecified atom stereocenters. The lowest BCUT2D eigenvalue weighted by Crippen LogP contribution is -2.21. The maximum absolute atomic E-state index is 12.2. The van der Waals surface area contributed by atoms with E-state index in [1.54, 1.807) is 0 Å². The molecule has 22 heavy (non-hydrogen) atoms. The molecular formula is C14H13F3N2O2S. The average Bonchev–Trinajstić information content (AvgIpc) is 2.87. The molecule has 0 radical (unpaired) electrons. The van der Waals surface area contributed by atoms with Crippen molar-refractivity contribution in [2.45, 2.75) is 12.6 Å². The second-order valence-electron chi connectivity index (χ2n) is 4.38. The average molecular weight is 330 g/mol. The Morgan fingerprint density at radius 2 is 2.09 bits per heavy atom. The SMILES string of the molecule is C=C(C(=O)OCCCNc1nc2ccccc2s1)C(F)(F)F. The third kappa shape index (κ3) is 4.20. The molecule has 0 aliphatic rings. The van der Waals surface area contributed by atoms with E-state index in [1.807, 2.05) is 24.3 Å². The van der Waals surface area contributed by atoms with Gasteiger partial charge in [-0.15, -0.1) is 0 Å². The fourth-order valence-corrected chi connectivity index (χ4v) is 2.47. The molecule has 118 valence electrons. The lowest BCUT2D eigenvalue weighted by Gasteiger charge is -2.09.